The molecule has 9 heteroatoms. The van der Waals surface area contributed by atoms with Crippen LogP contribution in [0.15, 0.2) is 76.3 Å². The largest absolute Gasteiger partial charge is 0.363 e. The van der Waals surface area contributed by atoms with Crippen molar-refractivity contribution in [2.75, 3.05) is 31.1 Å². The van der Waals surface area contributed by atoms with Crippen molar-refractivity contribution >= 4 is 5.69 Å². The Bertz CT molecular complexity index is 1670. The molecule has 5 rings (SSSR count). The predicted molar refractivity (Wildman–Crippen MR) is 162 cm³/mol. The molecule has 4 aromatic rings. The Balaban J connectivity index is 1.49. The summed E-state index contributed by atoms with van der Waals surface area (Å²) in [5, 5.41) is 0. The quantitative estimate of drug-likeness (QED) is 0.341. The van der Waals surface area contributed by atoms with Crippen LogP contribution in [-0.2, 0) is 19.6 Å². The summed E-state index contributed by atoms with van der Waals surface area (Å²) >= 11 is 0. The van der Waals surface area contributed by atoms with E-state index in [2.05, 4.69) is 36.9 Å². The maximum atomic E-state index is 14.7. The van der Waals surface area contributed by atoms with Crippen molar-refractivity contribution in [3.05, 3.63) is 133 Å². The molecule has 1 unspecified atom stereocenters. The highest BCUT2D eigenvalue weighted by Crippen LogP contribution is 2.21. The number of hydrogen-bond donors (Lipinski definition) is 1. The Hall–Kier alpha value is -4.08. The van der Waals surface area contributed by atoms with Crippen molar-refractivity contribution in [2.45, 2.75) is 46.4 Å². The number of aryl methyl sites for hydroxylation is 2. The highest BCUT2D eigenvalue weighted by molar-refractivity contribution is 5.50. The first kappa shape index (κ1) is 29.4. The van der Waals surface area contributed by atoms with Crippen molar-refractivity contribution in [1.82, 2.24) is 14.0 Å². The average Bonchev–Trinajstić information content (AvgIpc) is 2.97. The van der Waals surface area contributed by atoms with Gasteiger partial charge >= 0.3 is 5.69 Å². The fraction of sp³-hybridized carbons (Fsp3) is 0.333. The maximum Gasteiger partial charge on any atom is 0.331 e. The van der Waals surface area contributed by atoms with Crippen LogP contribution in [0.4, 0.5) is 14.5 Å². The molecule has 7 nitrogen and oxygen atoms in total. The lowest BCUT2D eigenvalue weighted by Crippen LogP contribution is -2.51. The van der Waals surface area contributed by atoms with E-state index in [9.17, 15) is 18.4 Å². The summed E-state index contributed by atoms with van der Waals surface area (Å²) < 4.78 is 31.8. The summed E-state index contributed by atoms with van der Waals surface area (Å²) in [6.07, 6.45) is 0. The lowest BCUT2D eigenvalue weighted by Gasteiger charge is -2.37. The van der Waals surface area contributed by atoms with Gasteiger partial charge in [0, 0.05) is 50.0 Å². The molecular formula is C33H37F2N5O2. The first-order chi connectivity index (χ1) is 20.1. The van der Waals surface area contributed by atoms with E-state index in [0.717, 1.165) is 41.9 Å². The molecule has 1 aliphatic heterocycles. The molecule has 1 saturated heterocycles. The molecule has 0 saturated carbocycles. The Morgan fingerprint density at radius 2 is 1.48 bits per heavy atom. The number of nitrogens with two attached hydrogens (primary N) is 1. The topological polar surface area (TPSA) is 76.5 Å². The van der Waals surface area contributed by atoms with Gasteiger partial charge in [0.2, 0.25) is 0 Å². The predicted octanol–water partition coefficient (Wildman–Crippen LogP) is 4.28. The van der Waals surface area contributed by atoms with Crippen molar-refractivity contribution < 1.29 is 8.78 Å². The third-order valence-electron chi connectivity index (χ3n) is 8.22. The van der Waals surface area contributed by atoms with Gasteiger partial charge in [0.15, 0.2) is 0 Å². The molecule has 2 heterocycles. The van der Waals surface area contributed by atoms with Gasteiger partial charge in [-0.25, -0.2) is 13.6 Å². The summed E-state index contributed by atoms with van der Waals surface area (Å²) in [5.74, 6) is -1.50. The van der Waals surface area contributed by atoms with Crippen LogP contribution >= 0.6 is 0 Å². The molecule has 42 heavy (non-hydrogen) atoms. The van der Waals surface area contributed by atoms with Gasteiger partial charge < -0.3 is 10.6 Å². The van der Waals surface area contributed by atoms with Gasteiger partial charge in [-0.15, -0.1) is 0 Å². The fourth-order valence-electron chi connectivity index (χ4n) is 5.74. The van der Waals surface area contributed by atoms with Crippen LogP contribution in [0.5, 0.6) is 0 Å². The zero-order valence-electron chi connectivity index (χ0n) is 24.3. The van der Waals surface area contributed by atoms with E-state index in [1.165, 1.54) is 27.3 Å². The van der Waals surface area contributed by atoms with E-state index in [-0.39, 0.29) is 18.7 Å². The van der Waals surface area contributed by atoms with Crippen LogP contribution in [0.2, 0.25) is 0 Å². The van der Waals surface area contributed by atoms with Crippen LogP contribution in [0, 0.1) is 32.4 Å². The van der Waals surface area contributed by atoms with Gasteiger partial charge in [-0.1, -0.05) is 60.2 Å². The molecule has 220 valence electrons. The zero-order chi connectivity index (χ0) is 30.0. The lowest BCUT2D eigenvalue weighted by atomic mass is 10.0. The molecule has 2 N–H and O–H groups in total. The summed E-state index contributed by atoms with van der Waals surface area (Å²) in [5.41, 5.74) is 10.4. The molecule has 0 aliphatic carbocycles. The first-order valence-electron chi connectivity index (χ1n) is 14.2. The minimum Gasteiger partial charge on any atom is -0.363 e. The third-order valence-corrected chi connectivity index (χ3v) is 8.22. The smallest absolute Gasteiger partial charge is 0.331 e. The highest BCUT2D eigenvalue weighted by Gasteiger charge is 2.27. The number of benzene rings is 3. The van der Waals surface area contributed by atoms with Crippen molar-refractivity contribution in [2.24, 2.45) is 5.73 Å². The highest BCUT2D eigenvalue weighted by atomic mass is 19.1. The Morgan fingerprint density at radius 1 is 0.810 bits per heavy atom. The maximum absolute atomic E-state index is 14.7. The SMILES string of the molecule is Cc1ccc(CN2CCN(c3c(C)n(Cc4c(F)cccc4F)c(=O)n(CC(N)c4ccccc4)c3=O)CC2)c(C)c1. The standard InChI is InChI=1S/C33H37F2N5O2/c1-22-12-13-26(23(2)18-22)19-37-14-16-38(17-15-37)31-24(3)39(20-27-28(34)10-7-11-29(27)35)33(42)40(32(31)41)21-30(36)25-8-5-4-6-9-25/h4-13,18,30H,14-17,19-21,36H2,1-3H3. The Kier molecular flexibility index (Phi) is 8.70. The molecule has 1 aromatic heterocycles. The fourth-order valence-corrected chi connectivity index (χ4v) is 5.74. The number of piperazine rings is 1. The molecule has 1 fully saturated rings. The molecule has 1 aliphatic rings. The third kappa shape index (κ3) is 6.07. The van der Waals surface area contributed by atoms with E-state index in [1.54, 1.807) is 6.92 Å². The molecule has 0 bridgehead atoms. The van der Waals surface area contributed by atoms with Crippen LogP contribution in [0.1, 0.15) is 39.6 Å². The second kappa shape index (κ2) is 12.4. The molecule has 0 spiro atoms. The molecular weight excluding hydrogens is 536 g/mol. The van der Waals surface area contributed by atoms with Gasteiger partial charge in [-0.05, 0) is 49.6 Å². The monoisotopic (exact) mass is 573 g/mol. The van der Waals surface area contributed by atoms with Crippen molar-refractivity contribution in [1.29, 1.82) is 0 Å². The van der Waals surface area contributed by atoms with Gasteiger partial charge in [-0.2, -0.15) is 0 Å². The van der Waals surface area contributed by atoms with Gasteiger partial charge in [0.05, 0.1) is 13.1 Å². The second-order valence-corrected chi connectivity index (χ2v) is 11.1. The number of anilines is 1. The Labute approximate surface area is 244 Å². The van der Waals surface area contributed by atoms with Gasteiger partial charge in [-0.3, -0.25) is 18.8 Å². The van der Waals surface area contributed by atoms with Crippen LogP contribution in [0.25, 0.3) is 0 Å². The normalized spacial score (nSPS) is 14.8. The average molecular weight is 574 g/mol. The van der Waals surface area contributed by atoms with E-state index < -0.39 is 28.9 Å². The molecule has 1 atom stereocenters. The van der Waals surface area contributed by atoms with Crippen molar-refractivity contribution in [3.8, 4) is 0 Å². The van der Waals surface area contributed by atoms with Crippen LogP contribution in [0.3, 0.4) is 0 Å². The number of aromatic nitrogens is 2. The van der Waals surface area contributed by atoms with E-state index in [4.69, 9.17) is 5.73 Å². The Morgan fingerprint density at radius 3 is 2.12 bits per heavy atom. The minimum atomic E-state index is -0.749. The first-order valence-corrected chi connectivity index (χ1v) is 14.2. The minimum absolute atomic E-state index is 0.0681. The number of nitrogens with zero attached hydrogens (tertiary/aromatic N) is 4. The summed E-state index contributed by atoms with van der Waals surface area (Å²) in [4.78, 5) is 32.0. The summed E-state index contributed by atoms with van der Waals surface area (Å²) in [7, 11) is 0. The van der Waals surface area contributed by atoms with E-state index in [0.29, 0.717) is 24.5 Å². The lowest BCUT2D eigenvalue weighted by molar-refractivity contribution is 0.248. The molecule has 3 aromatic carbocycles. The number of halogens is 2. The molecule has 0 amide bonds. The van der Waals surface area contributed by atoms with E-state index in [1.807, 2.05) is 35.2 Å². The second-order valence-electron chi connectivity index (χ2n) is 11.1. The van der Waals surface area contributed by atoms with Crippen LogP contribution < -0.4 is 21.9 Å². The van der Waals surface area contributed by atoms with Crippen LogP contribution in [-0.4, -0.2) is 40.2 Å². The molecule has 0 radical (unpaired) electrons. The van der Waals surface area contributed by atoms with Gasteiger partial charge in [0.25, 0.3) is 5.56 Å². The summed E-state index contributed by atoms with van der Waals surface area (Å²) in [6.45, 7) is 8.83. The van der Waals surface area contributed by atoms with Crippen molar-refractivity contribution in [3.63, 3.8) is 0 Å². The van der Waals surface area contributed by atoms with Gasteiger partial charge in [0.1, 0.15) is 17.3 Å². The zero-order valence-corrected chi connectivity index (χ0v) is 24.3. The van der Waals surface area contributed by atoms with E-state index >= 15 is 0 Å². The summed E-state index contributed by atoms with van der Waals surface area (Å²) in [6, 6.07) is 18.7. The number of rotatable bonds is 8. The number of hydrogen-bond acceptors (Lipinski definition) is 5.